The largest absolute Gasteiger partial charge is 0.504 e. The lowest BCUT2D eigenvalue weighted by Gasteiger charge is -2.62. The molecule has 0 amide bonds. The Morgan fingerprint density at radius 1 is 1.21 bits per heavy atom. The van der Waals surface area contributed by atoms with E-state index in [9.17, 15) is 15.1 Å². The molecule has 2 fully saturated rings. The predicted octanol–water partition coefficient (Wildman–Crippen LogP) is 4.36. The van der Waals surface area contributed by atoms with Crippen LogP contribution in [0.1, 0.15) is 77.8 Å². The number of ether oxygens (including phenoxy) is 1. The van der Waals surface area contributed by atoms with Gasteiger partial charge in [-0.15, -0.1) is 0 Å². The van der Waals surface area contributed by atoms with Gasteiger partial charge in [-0.05, 0) is 80.9 Å². The highest BCUT2D eigenvalue weighted by Crippen LogP contribution is 2.61. The second-order valence-corrected chi connectivity index (χ2v) is 12.3. The average Bonchev–Trinajstić information content (AvgIpc) is 3.62. The zero-order valence-electron chi connectivity index (χ0n) is 21.6. The maximum absolute atomic E-state index is 12.5. The molecule has 0 aromatic heterocycles. The van der Waals surface area contributed by atoms with E-state index in [0.29, 0.717) is 12.8 Å². The molecule has 6 unspecified atom stereocenters. The fraction of sp³-hybridized carbons (Fsp3) is 0.778. The van der Waals surface area contributed by atoms with Crippen LogP contribution in [0, 0.1) is 22.2 Å². The van der Waals surface area contributed by atoms with Gasteiger partial charge in [-0.2, -0.15) is 4.91 Å². The van der Waals surface area contributed by atoms with E-state index in [1.807, 2.05) is 33.8 Å². The van der Waals surface area contributed by atoms with Gasteiger partial charge in [0.15, 0.2) is 11.5 Å². The first-order valence-corrected chi connectivity index (χ1v) is 12.8. The standard InChI is InChI=1S/C27H43N3O4/c1-7-26-14-21(34-6)27(28,25(5,30-33)24(2,3)4)13-18(26)19(29-15-16-8-9-16)12-17-10-11-20(31)23(32)22(17)26/h10-11,16,18-19,21,29,31-32H,7-9,12-15,28H2,1-6H3. The molecule has 3 aliphatic rings. The molecule has 0 bridgehead atoms. The van der Waals surface area contributed by atoms with Gasteiger partial charge in [0.25, 0.3) is 0 Å². The van der Waals surface area contributed by atoms with E-state index >= 15 is 0 Å². The highest BCUT2D eigenvalue weighted by molar-refractivity contribution is 5.56. The van der Waals surface area contributed by atoms with E-state index in [1.54, 1.807) is 13.2 Å². The number of aromatic hydroxyl groups is 2. The number of nitroso groups, excluding NO2 is 1. The molecule has 1 aromatic carbocycles. The molecule has 7 heteroatoms. The third kappa shape index (κ3) is 3.58. The highest BCUT2D eigenvalue weighted by atomic mass is 16.5. The summed E-state index contributed by atoms with van der Waals surface area (Å²) >= 11 is 0. The Balaban J connectivity index is 1.88. The summed E-state index contributed by atoms with van der Waals surface area (Å²) in [6, 6.07) is 3.68. The summed E-state index contributed by atoms with van der Waals surface area (Å²) in [5.41, 5.74) is 6.18. The van der Waals surface area contributed by atoms with Crippen LogP contribution in [0.2, 0.25) is 0 Å². The van der Waals surface area contributed by atoms with Crippen LogP contribution >= 0.6 is 0 Å². The van der Waals surface area contributed by atoms with Crippen LogP contribution in [0.15, 0.2) is 17.3 Å². The number of rotatable bonds is 7. The minimum atomic E-state index is -1.07. The first-order valence-electron chi connectivity index (χ1n) is 12.8. The fourth-order valence-corrected chi connectivity index (χ4v) is 7.06. The molecule has 0 heterocycles. The number of nitrogens with zero attached hydrogens (tertiary/aromatic N) is 1. The second kappa shape index (κ2) is 8.45. The van der Waals surface area contributed by atoms with E-state index in [2.05, 4.69) is 17.4 Å². The third-order valence-electron chi connectivity index (χ3n) is 9.89. The number of methoxy groups -OCH3 is 1. The van der Waals surface area contributed by atoms with Crippen LogP contribution in [-0.4, -0.2) is 47.1 Å². The van der Waals surface area contributed by atoms with Crippen molar-refractivity contribution in [2.45, 2.75) is 102 Å². The second-order valence-electron chi connectivity index (χ2n) is 12.3. The van der Waals surface area contributed by atoms with Crippen LogP contribution in [0.25, 0.3) is 0 Å². The Morgan fingerprint density at radius 3 is 2.41 bits per heavy atom. The SMILES string of the molecule is CCC12CC(OC)C(N)(C(C)(N=O)C(C)(C)C)CC1C(NCC1CC1)Cc1ccc(O)c(O)c12. The van der Waals surface area contributed by atoms with Gasteiger partial charge in [0.1, 0.15) is 5.54 Å². The Bertz CT molecular complexity index is 943. The lowest BCUT2D eigenvalue weighted by atomic mass is 9.46. The molecule has 0 spiro atoms. The molecule has 0 saturated heterocycles. The van der Waals surface area contributed by atoms with E-state index in [1.165, 1.54) is 12.8 Å². The number of phenols is 2. The first-order chi connectivity index (χ1) is 15.9. The maximum Gasteiger partial charge on any atom is 0.161 e. The monoisotopic (exact) mass is 473 g/mol. The molecule has 34 heavy (non-hydrogen) atoms. The zero-order chi connectivity index (χ0) is 25.1. The van der Waals surface area contributed by atoms with Gasteiger partial charge in [0, 0.05) is 24.1 Å². The quantitative estimate of drug-likeness (QED) is 0.345. The lowest BCUT2D eigenvalue weighted by Crippen LogP contribution is -2.75. The molecule has 6 atom stereocenters. The van der Waals surface area contributed by atoms with Crippen molar-refractivity contribution in [2.75, 3.05) is 13.7 Å². The van der Waals surface area contributed by atoms with Crippen molar-refractivity contribution in [1.82, 2.24) is 5.32 Å². The molecular weight excluding hydrogens is 430 g/mol. The molecule has 5 N–H and O–H groups in total. The number of fused-ring (bicyclic) bond motifs is 3. The fourth-order valence-electron chi connectivity index (χ4n) is 7.06. The number of hydrogen-bond donors (Lipinski definition) is 4. The summed E-state index contributed by atoms with van der Waals surface area (Å²) in [6.07, 6.45) is 4.68. The van der Waals surface area contributed by atoms with Crippen LogP contribution in [-0.2, 0) is 16.6 Å². The molecule has 2 saturated carbocycles. The molecule has 0 radical (unpaired) electrons. The summed E-state index contributed by atoms with van der Waals surface area (Å²) in [4.78, 5) is 12.5. The molecular formula is C27H43N3O4. The smallest absolute Gasteiger partial charge is 0.161 e. The van der Waals surface area contributed by atoms with Crippen molar-refractivity contribution in [3.63, 3.8) is 0 Å². The zero-order valence-corrected chi connectivity index (χ0v) is 21.6. The van der Waals surface area contributed by atoms with Crippen LogP contribution < -0.4 is 11.1 Å². The van der Waals surface area contributed by atoms with Crippen molar-refractivity contribution < 1.29 is 14.9 Å². The molecule has 190 valence electrons. The normalized spacial score (nSPS) is 35.2. The Morgan fingerprint density at radius 2 is 1.88 bits per heavy atom. The predicted molar refractivity (Wildman–Crippen MR) is 134 cm³/mol. The minimum absolute atomic E-state index is 0.0311. The molecule has 4 rings (SSSR count). The summed E-state index contributed by atoms with van der Waals surface area (Å²) < 4.78 is 6.07. The van der Waals surface area contributed by atoms with Gasteiger partial charge in [0.2, 0.25) is 0 Å². The lowest BCUT2D eigenvalue weighted by molar-refractivity contribution is -0.104. The van der Waals surface area contributed by atoms with Gasteiger partial charge in [0.05, 0.1) is 11.6 Å². The van der Waals surface area contributed by atoms with Crippen molar-refractivity contribution >= 4 is 0 Å². The maximum atomic E-state index is 12.5. The van der Waals surface area contributed by atoms with Gasteiger partial charge in [-0.25, -0.2) is 0 Å². The van der Waals surface area contributed by atoms with Crippen LogP contribution in [0.3, 0.4) is 0 Å². The first kappa shape index (κ1) is 25.4. The number of nitrogens with one attached hydrogen (secondary N) is 1. The van der Waals surface area contributed by atoms with Gasteiger partial charge in [-0.1, -0.05) is 38.9 Å². The molecule has 7 nitrogen and oxygen atoms in total. The van der Waals surface area contributed by atoms with Gasteiger partial charge in [-0.3, -0.25) is 0 Å². The van der Waals surface area contributed by atoms with Crippen molar-refractivity contribution in [2.24, 2.45) is 28.2 Å². The Hall–Kier alpha value is -1.70. The summed E-state index contributed by atoms with van der Waals surface area (Å²) in [5.74, 6) is 0.648. The minimum Gasteiger partial charge on any atom is -0.504 e. The molecule has 3 aliphatic carbocycles. The van der Waals surface area contributed by atoms with E-state index in [0.717, 1.165) is 36.4 Å². The van der Waals surface area contributed by atoms with Crippen molar-refractivity contribution in [1.29, 1.82) is 0 Å². The van der Waals surface area contributed by atoms with Crippen molar-refractivity contribution in [3.05, 3.63) is 28.2 Å². The van der Waals surface area contributed by atoms with E-state index in [4.69, 9.17) is 10.5 Å². The van der Waals surface area contributed by atoms with Crippen LogP contribution in [0.5, 0.6) is 11.5 Å². The Kier molecular flexibility index (Phi) is 6.31. The summed E-state index contributed by atoms with van der Waals surface area (Å²) in [7, 11) is 1.65. The highest BCUT2D eigenvalue weighted by Gasteiger charge is 2.66. The summed E-state index contributed by atoms with van der Waals surface area (Å²) in [6.45, 7) is 11.0. The average molecular weight is 474 g/mol. The van der Waals surface area contributed by atoms with E-state index < -0.39 is 28.0 Å². The number of nitrogens with two attached hydrogens (primary N) is 1. The Labute approximate surface area is 203 Å². The van der Waals surface area contributed by atoms with Crippen LogP contribution in [0.4, 0.5) is 0 Å². The van der Waals surface area contributed by atoms with Gasteiger partial charge < -0.3 is 26.0 Å². The summed E-state index contributed by atoms with van der Waals surface area (Å²) in [5, 5.41) is 29.1. The third-order valence-corrected chi connectivity index (χ3v) is 9.89. The molecule has 0 aliphatic heterocycles. The number of hydrogen-bond acceptors (Lipinski definition) is 7. The number of phenolic OH excluding ortho intramolecular Hbond substituents is 2. The number of benzene rings is 1. The topological polar surface area (TPSA) is 117 Å². The van der Waals surface area contributed by atoms with Crippen molar-refractivity contribution in [3.8, 4) is 11.5 Å². The van der Waals surface area contributed by atoms with Gasteiger partial charge >= 0.3 is 0 Å². The molecule has 1 aromatic rings. The van der Waals surface area contributed by atoms with E-state index in [-0.39, 0.29) is 23.5 Å².